The van der Waals surface area contributed by atoms with E-state index in [-0.39, 0.29) is 0 Å². The predicted molar refractivity (Wildman–Crippen MR) is 90.6 cm³/mol. The van der Waals surface area contributed by atoms with Gasteiger partial charge in [0.05, 0.1) is 3.79 Å². The molecule has 1 N–H and O–H groups in total. The molecule has 18 heavy (non-hydrogen) atoms. The monoisotopic (exact) mass is 451 g/mol. The van der Waals surface area contributed by atoms with E-state index in [4.69, 9.17) is 0 Å². The Morgan fingerprint density at radius 3 is 2.56 bits per heavy atom. The van der Waals surface area contributed by atoms with Crippen LogP contribution in [0.4, 0.5) is 5.69 Å². The van der Waals surface area contributed by atoms with Crippen LogP contribution in [0.1, 0.15) is 17.4 Å². The number of hydrogen-bond acceptors (Lipinski definition) is 2. The summed E-state index contributed by atoms with van der Waals surface area (Å²) in [5.41, 5.74) is 2.54. The molecule has 5 heteroatoms. The van der Waals surface area contributed by atoms with Crippen molar-refractivity contribution in [1.82, 2.24) is 0 Å². The summed E-state index contributed by atoms with van der Waals surface area (Å²) in [5.74, 6) is 0. The van der Waals surface area contributed by atoms with E-state index in [0.29, 0.717) is 0 Å². The number of aryl methyl sites for hydroxylation is 1. The lowest BCUT2D eigenvalue weighted by Gasteiger charge is -2.10. The van der Waals surface area contributed by atoms with Gasteiger partial charge in [0.15, 0.2) is 0 Å². The van der Waals surface area contributed by atoms with Gasteiger partial charge in [0.1, 0.15) is 0 Å². The highest BCUT2D eigenvalue weighted by molar-refractivity contribution is 9.13. The third-order valence-corrected chi connectivity index (χ3v) is 6.35. The van der Waals surface area contributed by atoms with Gasteiger partial charge in [-0.15, -0.1) is 11.3 Å². The fourth-order valence-electron chi connectivity index (χ4n) is 1.69. The molecular formula is C13H12Br3NS. The van der Waals surface area contributed by atoms with E-state index in [0.717, 1.165) is 25.7 Å². The Bertz CT molecular complexity index is 532. The molecule has 1 heterocycles. The Morgan fingerprint density at radius 2 is 1.94 bits per heavy atom. The second-order valence-corrected chi connectivity index (χ2v) is 8.07. The third-order valence-electron chi connectivity index (χ3n) is 2.60. The minimum atomic E-state index is 0.851. The minimum absolute atomic E-state index is 0.851. The van der Waals surface area contributed by atoms with Crippen LogP contribution in [-0.2, 0) is 13.0 Å². The fraction of sp³-hybridized carbons (Fsp3) is 0.231. The molecule has 0 aliphatic rings. The first-order valence-corrected chi connectivity index (χ1v) is 8.75. The SMILES string of the molecule is CCc1cc(Br)ccc1NCc1cc(Br)c(Br)s1. The van der Waals surface area contributed by atoms with Crippen LogP contribution in [0.5, 0.6) is 0 Å². The van der Waals surface area contributed by atoms with Gasteiger partial charge in [0, 0.05) is 26.1 Å². The molecule has 0 aliphatic carbocycles. The number of benzene rings is 1. The molecule has 1 aromatic heterocycles. The number of halogens is 3. The maximum Gasteiger partial charge on any atom is 0.0843 e. The standard InChI is InChI=1S/C13H12Br3NS/c1-2-8-5-9(14)3-4-12(8)17-7-10-6-11(15)13(16)18-10/h3-6,17H,2,7H2,1H3. The van der Waals surface area contributed by atoms with Crippen LogP contribution < -0.4 is 5.32 Å². The summed E-state index contributed by atoms with van der Waals surface area (Å²) in [7, 11) is 0. The number of thiophene rings is 1. The van der Waals surface area contributed by atoms with E-state index in [1.165, 1.54) is 16.1 Å². The molecule has 0 saturated heterocycles. The topological polar surface area (TPSA) is 12.0 Å². The van der Waals surface area contributed by atoms with Crippen molar-refractivity contribution in [2.75, 3.05) is 5.32 Å². The van der Waals surface area contributed by atoms with Gasteiger partial charge in [-0.25, -0.2) is 0 Å². The van der Waals surface area contributed by atoms with Crippen molar-refractivity contribution in [2.45, 2.75) is 19.9 Å². The van der Waals surface area contributed by atoms with Crippen LogP contribution in [0.15, 0.2) is 37.0 Å². The summed E-state index contributed by atoms with van der Waals surface area (Å²) in [6, 6.07) is 8.51. The van der Waals surface area contributed by atoms with Crippen LogP contribution in [-0.4, -0.2) is 0 Å². The van der Waals surface area contributed by atoms with Crippen LogP contribution >= 0.6 is 59.1 Å². The zero-order valence-electron chi connectivity index (χ0n) is 9.77. The van der Waals surface area contributed by atoms with Gasteiger partial charge in [0.25, 0.3) is 0 Å². The summed E-state index contributed by atoms with van der Waals surface area (Å²) in [6.07, 6.45) is 1.03. The molecule has 0 amide bonds. The quantitative estimate of drug-likeness (QED) is 0.580. The number of anilines is 1. The maximum absolute atomic E-state index is 3.52. The van der Waals surface area contributed by atoms with Crippen molar-refractivity contribution in [3.05, 3.63) is 47.4 Å². The molecule has 2 rings (SSSR count). The lowest BCUT2D eigenvalue weighted by atomic mass is 10.1. The lowest BCUT2D eigenvalue weighted by Crippen LogP contribution is -2.00. The first-order valence-electron chi connectivity index (χ1n) is 5.56. The molecule has 0 atom stereocenters. The zero-order valence-corrected chi connectivity index (χ0v) is 15.3. The molecule has 0 radical (unpaired) electrons. The molecular weight excluding hydrogens is 442 g/mol. The Hall–Kier alpha value is 0.160. The summed E-state index contributed by atoms with van der Waals surface area (Å²) in [5, 5.41) is 3.50. The summed E-state index contributed by atoms with van der Waals surface area (Å²) in [6.45, 7) is 3.02. The van der Waals surface area contributed by atoms with Crippen LogP contribution in [0, 0.1) is 0 Å². The molecule has 0 unspecified atom stereocenters. The Morgan fingerprint density at radius 1 is 1.17 bits per heavy atom. The second-order valence-electron chi connectivity index (χ2n) is 3.84. The van der Waals surface area contributed by atoms with Crippen LogP contribution in [0.3, 0.4) is 0 Å². The van der Waals surface area contributed by atoms with Gasteiger partial charge in [0.2, 0.25) is 0 Å². The van der Waals surface area contributed by atoms with Crippen molar-refractivity contribution < 1.29 is 0 Å². The van der Waals surface area contributed by atoms with Crippen molar-refractivity contribution in [3.8, 4) is 0 Å². The number of nitrogens with one attached hydrogen (secondary N) is 1. The van der Waals surface area contributed by atoms with E-state index in [1.54, 1.807) is 11.3 Å². The first-order chi connectivity index (χ1) is 8.60. The van der Waals surface area contributed by atoms with Gasteiger partial charge in [-0.3, -0.25) is 0 Å². The Labute approximate surface area is 136 Å². The van der Waals surface area contributed by atoms with Gasteiger partial charge in [-0.2, -0.15) is 0 Å². The van der Waals surface area contributed by atoms with Crippen molar-refractivity contribution >= 4 is 64.8 Å². The van der Waals surface area contributed by atoms with Crippen molar-refractivity contribution in [2.24, 2.45) is 0 Å². The largest absolute Gasteiger partial charge is 0.380 e. The normalized spacial score (nSPS) is 10.7. The highest BCUT2D eigenvalue weighted by Crippen LogP contribution is 2.33. The summed E-state index contributed by atoms with van der Waals surface area (Å²) in [4.78, 5) is 1.30. The van der Waals surface area contributed by atoms with E-state index in [1.807, 2.05) is 0 Å². The molecule has 2 aromatic rings. The minimum Gasteiger partial charge on any atom is -0.380 e. The average Bonchev–Trinajstić information content (AvgIpc) is 2.67. The number of hydrogen-bond donors (Lipinski definition) is 1. The second kappa shape index (κ2) is 6.55. The number of rotatable bonds is 4. The molecule has 0 aliphatic heterocycles. The predicted octanol–water partition coefficient (Wildman–Crippen LogP) is 6.21. The molecule has 0 spiro atoms. The van der Waals surface area contributed by atoms with Crippen molar-refractivity contribution in [1.29, 1.82) is 0 Å². The molecule has 0 fully saturated rings. The van der Waals surface area contributed by atoms with E-state index < -0.39 is 0 Å². The van der Waals surface area contributed by atoms with Gasteiger partial charge in [-0.05, 0) is 68.1 Å². The smallest absolute Gasteiger partial charge is 0.0843 e. The molecule has 1 nitrogen and oxygen atoms in total. The summed E-state index contributed by atoms with van der Waals surface area (Å²) < 4.78 is 3.40. The third kappa shape index (κ3) is 3.59. The molecule has 0 bridgehead atoms. The highest BCUT2D eigenvalue weighted by atomic mass is 79.9. The summed E-state index contributed by atoms with van der Waals surface area (Å²) >= 11 is 12.3. The van der Waals surface area contributed by atoms with Gasteiger partial charge in [-0.1, -0.05) is 22.9 Å². The van der Waals surface area contributed by atoms with E-state index in [9.17, 15) is 0 Å². The van der Waals surface area contributed by atoms with Crippen molar-refractivity contribution in [3.63, 3.8) is 0 Å². The van der Waals surface area contributed by atoms with Gasteiger partial charge < -0.3 is 5.32 Å². The average molecular weight is 454 g/mol. The van der Waals surface area contributed by atoms with E-state index >= 15 is 0 Å². The highest BCUT2D eigenvalue weighted by Gasteiger charge is 2.05. The Kier molecular flexibility index (Phi) is 5.30. The van der Waals surface area contributed by atoms with E-state index in [2.05, 4.69) is 84.3 Å². The van der Waals surface area contributed by atoms with Crippen LogP contribution in [0.25, 0.3) is 0 Å². The molecule has 96 valence electrons. The zero-order chi connectivity index (χ0) is 13.1. The molecule has 1 aromatic carbocycles. The van der Waals surface area contributed by atoms with Gasteiger partial charge >= 0.3 is 0 Å². The lowest BCUT2D eigenvalue weighted by molar-refractivity contribution is 1.10. The maximum atomic E-state index is 3.52. The first kappa shape index (κ1) is 14.6. The molecule has 0 saturated carbocycles. The van der Waals surface area contributed by atoms with Crippen LogP contribution in [0.2, 0.25) is 0 Å². The Balaban J connectivity index is 2.10. The fourth-order valence-corrected chi connectivity index (χ4v) is 4.21.